The number of amides is 1. The van der Waals surface area contributed by atoms with Crippen molar-refractivity contribution in [3.05, 3.63) is 64.9 Å². The Kier molecular flexibility index (Phi) is 8.39. The lowest BCUT2D eigenvalue weighted by molar-refractivity contribution is 0.0955. The average molecular weight is 556 g/mol. The van der Waals surface area contributed by atoms with E-state index in [0.29, 0.717) is 11.6 Å². The lowest BCUT2D eigenvalue weighted by Gasteiger charge is -2.38. The van der Waals surface area contributed by atoms with Crippen molar-refractivity contribution in [2.75, 3.05) is 37.6 Å². The van der Waals surface area contributed by atoms with Gasteiger partial charge in [-0.05, 0) is 95.0 Å². The van der Waals surface area contributed by atoms with Gasteiger partial charge >= 0.3 is 0 Å². The van der Waals surface area contributed by atoms with E-state index in [2.05, 4.69) is 95.8 Å². The third-order valence-corrected chi connectivity index (χ3v) is 8.70. The van der Waals surface area contributed by atoms with Gasteiger partial charge in [-0.2, -0.15) is 0 Å². The maximum atomic E-state index is 13.8. The van der Waals surface area contributed by atoms with Crippen molar-refractivity contribution in [2.45, 2.75) is 73.2 Å². The molecule has 7 nitrogen and oxygen atoms in total. The molecule has 3 aromatic rings. The standard InChI is InChI=1S/C34H45N5O2/c1-21(2)37-12-14-38(15-13-37)28-10-8-26(9-11-28)27-17-29(32-24(6)20-39(22(3)4)31(32)18-27)33(40)35-19-30-23(5)16-25(7)36-34(30)41/h8-11,17-18,20-22,34,41H,12-16,19H2,1-7H3,(H,35,40). The molecule has 0 saturated carbocycles. The zero-order valence-electron chi connectivity index (χ0n) is 25.7. The molecule has 1 aromatic heterocycles. The molecule has 2 N–H and O–H groups in total. The van der Waals surface area contributed by atoms with Crippen LogP contribution in [0.25, 0.3) is 22.0 Å². The van der Waals surface area contributed by atoms with Crippen LogP contribution in [0.2, 0.25) is 0 Å². The number of aryl methyl sites for hydroxylation is 1. The number of allylic oxidation sites excluding steroid dienone is 1. The highest BCUT2D eigenvalue weighted by atomic mass is 16.3. The first-order valence-electron chi connectivity index (χ1n) is 15.0. The van der Waals surface area contributed by atoms with Gasteiger partial charge in [-0.1, -0.05) is 17.7 Å². The predicted octanol–water partition coefficient (Wildman–Crippen LogP) is 5.96. The number of benzene rings is 2. The van der Waals surface area contributed by atoms with Crippen LogP contribution < -0.4 is 10.2 Å². The van der Waals surface area contributed by atoms with E-state index < -0.39 is 6.23 Å². The first-order valence-corrected chi connectivity index (χ1v) is 15.0. The third kappa shape index (κ3) is 5.97. The Balaban J connectivity index is 1.45. The van der Waals surface area contributed by atoms with Crippen molar-refractivity contribution in [3.63, 3.8) is 0 Å². The number of anilines is 1. The summed E-state index contributed by atoms with van der Waals surface area (Å²) in [5.41, 5.74) is 8.90. The van der Waals surface area contributed by atoms with E-state index in [1.807, 2.05) is 19.9 Å². The highest BCUT2D eigenvalue weighted by Crippen LogP contribution is 2.34. The highest BCUT2D eigenvalue weighted by Gasteiger charge is 2.23. The van der Waals surface area contributed by atoms with Gasteiger partial charge in [-0.15, -0.1) is 0 Å². The number of carbonyl (C=O) groups is 1. The minimum absolute atomic E-state index is 0.139. The van der Waals surface area contributed by atoms with Crippen LogP contribution in [0.5, 0.6) is 0 Å². The molecule has 2 aliphatic heterocycles. The van der Waals surface area contributed by atoms with Gasteiger partial charge in [0.15, 0.2) is 6.23 Å². The molecule has 0 spiro atoms. The van der Waals surface area contributed by atoms with Gasteiger partial charge in [0.1, 0.15) is 0 Å². The number of fused-ring (bicyclic) bond motifs is 1. The second kappa shape index (κ2) is 11.8. The van der Waals surface area contributed by atoms with Crippen LogP contribution >= 0.6 is 0 Å². The summed E-state index contributed by atoms with van der Waals surface area (Å²) in [6, 6.07) is 13.8. The number of aliphatic hydroxyl groups excluding tert-OH is 1. The van der Waals surface area contributed by atoms with E-state index in [0.717, 1.165) is 77.1 Å². The van der Waals surface area contributed by atoms with Gasteiger partial charge in [-0.25, -0.2) is 0 Å². The van der Waals surface area contributed by atoms with E-state index in [4.69, 9.17) is 0 Å². The van der Waals surface area contributed by atoms with Crippen molar-refractivity contribution >= 4 is 28.2 Å². The van der Waals surface area contributed by atoms with Crippen LogP contribution in [0.3, 0.4) is 0 Å². The predicted molar refractivity (Wildman–Crippen MR) is 170 cm³/mol. The topological polar surface area (TPSA) is 73.1 Å². The van der Waals surface area contributed by atoms with Gasteiger partial charge < -0.3 is 19.9 Å². The number of dihydropyridines is 1. The molecular weight excluding hydrogens is 510 g/mol. The molecule has 2 aromatic carbocycles. The number of hydrogen-bond acceptors (Lipinski definition) is 5. The monoisotopic (exact) mass is 555 g/mol. The zero-order chi connectivity index (χ0) is 29.4. The minimum Gasteiger partial charge on any atom is -0.369 e. The number of aliphatic imine (C=N–C) groups is 1. The minimum atomic E-state index is -0.897. The summed E-state index contributed by atoms with van der Waals surface area (Å²) < 4.78 is 2.25. The quantitative estimate of drug-likeness (QED) is 0.353. The summed E-state index contributed by atoms with van der Waals surface area (Å²) >= 11 is 0. The second-order valence-electron chi connectivity index (χ2n) is 12.3. The van der Waals surface area contributed by atoms with Gasteiger partial charge in [0.25, 0.3) is 5.91 Å². The SMILES string of the molecule is CC1=NC(O)C(CNC(=O)c2cc(-c3ccc(N4CCN(C(C)C)CC4)cc3)cc3c2c(C)cn3C(C)C)=C(C)C1. The number of hydrogen-bond donors (Lipinski definition) is 2. The first-order chi connectivity index (χ1) is 19.5. The van der Waals surface area contributed by atoms with Crippen molar-refractivity contribution in [3.8, 4) is 11.1 Å². The molecule has 0 bridgehead atoms. The summed E-state index contributed by atoms with van der Waals surface area (Å²) in [6.07, 6.45) is 1.97. The average Bonchev–Trinajstić information content (AvgIpc) is 3.28. The zero-order valence-corrected chi connectivity index (χ0v) is 25.7. The van der Waals surface area contributed by atoms with E-state index in [9.17, 15) is 9.90 Å². The number of rotatable bonds is 7. The summed E-state index contributed by atoms with van der Waals surface area (Å²) in [6.45, 7) is 19.4. The molecule has 2 aliphatic rings. The van der Waals surface area contributed by atoms with Crippen molar-refractivity contribution in [1.82, 2.24) is 14.8 Å². The molecule has 0 aliphatic carbocycles. The van der Waals surface area contributed by atoms with Gasteiger partial charge in [-0.3, -0.25) is 14.7 Å². The van der Waals surface area contributed by atoms with E-state index >= 15 is 0 Å². The Hall–Kier alpha value is -3.42. The number of aliphatic hydroxyl groups is 1. The number of carbonyl (C=O) groups excluding carboxylic acids is 1. The molecule has 1 unspecified atom stereocenters. The molecular formula is C34H45N5O2. The van der Waals surface area contributed by atoms with Crippen LogP contribution in [0, 0.1) is 6.92 Å². The van der Waals surface area contributed by atoms with Crippen molar-refractivity contribution in [1.29, 1.82) is 0 Å². The summed E-state index contributed by atoms with van der Waals surface area (Å²) in [4.78, 5) is 23.1. The van der Waals surface area contributed by atoms with Crippen LogP contribution in [-0.2, 0) is 0 Å². The smallest absolute Gasteiger partial charge is 0.252 e. The Bertz CT molecular complexity index is 1490. The van der Waals surface area contributed by atoms with E-state index in [1.165, 1.54) is 5.69 Å². The maximum Gasteiger partial charge on any atom is 0.252 e. The van der Waals surface area contributed by atoms with E-state index in [-0.39, 0.29) is 18.5 Å². The van der Waals surface area contributed by atoms with Crippen LogP contribution in [0.15, 0.2) is 58.7 Å². The fourth-order valence-corrected chi connectivity index (χ4v) is 6.28. The van der Waals surface area contributed by atoms with Gasteiger partial charge in [0, 0.05) is 85.3 Å². The summed E-state index contributed by atoms with van der Waals surface area (Å²) in [5.74, 6) is -0.139. The third-order valence-electron chi connectivity index (χ3n) is 8.70. The summed E-state index contributed by atoms with van der Waals surface area (Å²) in [7, 11) is 0. The Morgan fingerprint density at radius 3 is 2.27 bits per heavy atom. The molecule has 1 atom stereocenters. The molecule has 1 fully saturated rings. The molecule has 1 saturated heterocycles. The summed E-state index contributed by atoms with van der Waals surface area (Å²) in [5, 5.41) is 14.6. The molecule has 1 amide bonds. The van der Waals surface area contributed by atoms with Crippen molar-refractivity contribution < 1.29 is 9.90 Å². The van der Waals surface area contributed by atoms with Crippen LogP contribution in [-0.4, -0.2) is 71.2 Å². The molecule has 41 heavy (non-hydrogen) atoms. The van der Waals surface area contributed by atoms with E-state index in [1.54, 1.807) is 0 Å². The molecule has 3 heterocycles. The highest BCUT2D eigenvalue weighted by molar-refractivity contribution is 6.09. The number of nitrogens with zero attached hydrogens (tertiary/aromatic N) is 4. The number of piperazine rings is 1. The molecule has 0 radical (unpaired) electrons. The Morgan fingerprint density at radius 1 is 0.976 bits per heavy atom. The molecule has 218 valence electrons. The lowest BCUT2D eigenvalue weighted by atomic mass is 9.97. The first kappa shape index (κ1) is 29.1. The molecule has 5 rings (SSSR count). The Labute approximate surface area is 244 Å². The fourth-order valence-electron chi connectivity index (χ4n) is 6.28. The van der Waals surface area contributed by atoms with Crippen LogP contribution in [0.4, 0.5) is 5.69 Å². The number of aromatic nitrogens is 1. The fraction of sp³-hybridized carbons (Fsp3) is 0.471. The maximum absolute atomic E-state index is 13.8. The second-order valence-corrected chi connectivity index (χ2v) is 12.3. The Morgan fingerprint density at radius 2 is 1.66 bits per heavy atom. The van der Waals surface area contributed by atoms with Gasteiger partial charge in [0.05, 0.1) is 0 Å². The van der Waals surface area contributed by atoms with Crippen molar-refractivity contribution in [2.24, 2.45) is 4.99 Å². The number of nitrogens with one attached hydrogen (secondary N) is 1. The largest absolute Gasteiger partial charge is 0.369 e. The van der Waals surface area contributed by atoms with Crippen LogP contribution in [0.1, 0.15) is 69.9 Å². The molecule has 7 heteroatoms. The lowest BCUT2D eigenvalue weighted by Crippen LogP contribution is -2.48. The van der Waals surface area contributed by atoms with Gasteiger partial charge in [0.2, 0.25) is 0 Å². The normalized spacial score (nSPS) is 18.5.